The molecular weight excluding hydrogens is 238 g/mol. The molecule has 0 spiro atoms. The van der Waals surface area contributed by atoms with E-state index in [0.29, 0.717) is 0 Å². The van der Waals surface area contributed by atoms with Crippen molar-refractivity contribution < 1.29 is 0 Å². The predicted octanol–water partition coefficient (Wildman–Crippen LogP) is 1.96. The Kier molecular flexibility index (Phi) is 4.74. The second-order valence-electron chi connectivity index (χ2n) is 4.76. The van der Waals surface area contributed by atoms with Crippen LogP contribution in [0.3, 0.4) is 0 Å². The first kappa shape index (κ1) is 13.8. The average molecular weight is 261 g/mol. The van der Waals surface area contributed by atoms with Crippen LogP contribution in [0.5, 0.6) is 0 Å². The van der Waals surface area contributed by atoms with Gasteiger partial charge in [0.1, 0.15) is 5.82 Å². The zero-order chi connectivity index (χ0) is 13.7. The van der Waals surface area contributed by atoms with Gasteiger partial charge in [-0.2, -0.15) is 5.10 Å². The first-order valence-corrected chi connectivity index (χ1v) is 6.97. The molecule has 5 nitrogen and oxygen atoms in total. The van der Waals surface area contributed by atoms with Crippen LogP contribution < -0.4 is 5.32 Å². The summed E-state index contributed by atoms with van der Waals surface area (Å²) in [6.45, 7) is 9.99. The molecule has 2 heterocycles. The van der Waals surface area contributed by atoms with E-state index in [-0.39, 0.29) is 0 Å². The third-order valence-corrected chi connectivity index (χ3v) is 3.22. The second kappa shape index (κ2) is 6.52. The van der Waals surface area contributed by atoms with Crippen LogP contribution in [0.25, 0.3) is 0 Å². The van der Waals surface area contributed by atoms with Crippen LogP contribution in [-0.2, 0) is 19.6 Å². The van der Waals surface area contributed by atoms with E-state index in [2.05, 4.69) is 40.0 Å². The Morgan fingerprint density at radius 1 is 1.26 bits per heavy atom. The lowest BCUT2D eigenvalue weighted by atomic mass is 10.3. The largest absolute Gasteiger partial charge is 0.326 e. The summed E-state index contributed by atoms with van der Waals surface area (Å²) in [5.41, 5.74) is 2.45. The predicted molar refractivity (Wildman–Crippen MR) is 76.0 cm³/mol. The van der Waals surface area contributed by atoms with E-state index in [1.54, 1.807) is 0 Å². The molecule has 0 fully saturated rings. The van der Waals surface area contributed by atoms with E-state index in [1.807, 2.05) is 24.0 Å². The molecule has 1 N–H and O–H groups in total. The number of aryl methyl sites for hydroxylation is 2. The van der Waals surface area contributed by atoms with E-state index >= 15 is 0 Å². The monoisotopic (exact) mass is 261 g/mol. The summed E-state index contributed by atoms with van der Waals surface area (Å²) in [5.74, 6) is 1.05. The van der Waals surface area contributed by atoms with E-state index in [1.165, 1.54) is 11.3 Å². The van der Waals surface area contributed by atoms with E-state index in [4.69, 9.17) is 0 Å². The number of nitrogens with zero attached hydrogens (tertiary/aromatic N) is 4. The minimum Gasteiger partial charge on any atom is -0.326 e. The maximum Gasteiger partial charge on any atom is 0.106 e. The van der Waals surface area contributed by atoms with Gasteiger partial charge in [-0.15, -0.1) is 0 Å². The summed E-state index contributed by atoms with van der Waals surface area (Å²) in [7, 11) is 0. The first-order chi connectivity index (χ1) is 9.24. The topological polar surface area (TPSA) is 47.7 Å². The van der Waals surface area contributed by atoms with Crippen LogP contribution in [0.4, 0.5) is 0 Å². The van der Waals surface area contributed by atoms with E-state index in [9.17, 15) is 0 Å². The smallest absolute Gasteiger partial charge is 0.106 e. The molecule has 0 bridgehead atoms. The van der Waals surface area contributed by atoms with Crippen molar-refractivity contribution in [2.75, 3.05) is 6.54 Å². The lowest BCUT2D eigenvalue weighted by molar-refractivity contribution is 0.622. The minimum atomic E-state index is 0.842. The Bertz CT molecular complexity index is 512. The molecule has 2 aromatic heterocycles. The minimum absolute atomic E-state index is 0.842. The third-order valence-electron chi connectivity index (χ3n) is 3.22. The van der Waals surface area contributed by atoms with Crippen LogP contribution in [-0.4, -0.2) is 25.9 Å². The van der Waals surface area contributed by atoms with Crippen molar-refractivity contribution in [3.8, 4) is 0 Å². The Morgan fingerprint density at radius 2 is 2.11 bits per heavy atom. The molecule has 2 aromatic rings. The number of rotatable bonds is 7. The van der Waals surface area contributed by atoms with Crippen LogP contribution in [0.15, 0.2) is 18.6 Å². The van der Waals surface area contributed by atoms with Crippen LogP contribution >= 0.6 is 0 Å². The van der Waals surface area contributed by atoms with Gasteiger partial charge in [0.15, 0.2) is 0 Å². The molecule has 2 rings (SSSR count). The van der Waals surface area contributed by atoms with Gasteiger partial charge in [-0.1, -0.05) is 6.92 Å². The van der Waals surface area contributed by atoms with Crippen molar-refractivity contribution in [2.24, 2.45) is 0 Å². The summed E-state index contributed by atoms with van der Waals surface area (Å²) in [5, 5.41) is 7.74. The van der Waals surface area contributed by atoms with Crippen LogP contribution in [0.1, 0.15) is 37.4 Å². The molecule has 0 saturated heterocycles. The Morgan fingerprint density at radius 3 is 2.79 bits per heavy atom. The normalized spacial score (nSPS) is 11.1. The van der Waals surface area contributed by atoms with Crippen LogP contribution in [0, 0.1) is 6.92 Å². The fourth-order valence-corrected chi connectivity index (χ4v) is 2.11. The molecule has 0 aromatic carbocycles. The fourth-order valence-electron chi connectivity index (χ4n) is 2.11. The molecule has 0 aliphatic rings. The van der Waals surface area contributed by atoms with Gasteiger partial charge in [0, 0.05) is 31.0 Å². The van der Waals surface area contributed by atoms with Gasteiger partial charge in [0.05, 0.1) is 18.4 Å². The van der Waals surface area contributed by atoms with Gasteiger partial charge >= 0.3 is 0 Å². The Hall–Kier alpha value is -1.62. The van der Waals surface area contributed by atoms with Gasteiger partial charge in [0.25, 0.3) is 0 Å². The number of hydrogen-bond acceptors (Lipinski definition) is 3. The maximum atomic E-state index is 4.41. The molecule has 0 aliphatic heterocycles. The van der Waals surface area contributed by atoms with Gasteiger partial charge < -0.3 is 9.88 Å². The van der Waals surface area contributed by atoms with Crippen LogP contribution in [0.2, 0.25) is 0 Å². The number of imidazole rings is 1. The lowest BCUT2D eigenvalue weighted by Crippen LogP contribution is -2.17. The lowest BCUT2D eigenvalue weighted by Gasteiger charge is -2.09. The highest BCUT2D eigenvalue weighted by Gasteiger charge is 2.08. The molecule has 0 atom stereocenters. The van der Waals surface area contributed by atoms with Gasteiger partial charge in [-0.3, -0.25) is 4.68 Å². The molecule has 0 radical (unpaired) electrons. The zero-order valence-corrected chi connectivity index (χ0v) is 12.1. The molecular formula is C14H23N5. The van der Waals surface area contributed by atoms with Gasteiger partial charge in [-0.05, 0) is 26.8 Å². The second-order valence-corrected chi connectivity index (χ2v) is 4.76. The quantitative estimate of drug-likeness (QED) is 0.775. The van der Waals surface area contributed by atoms with Crippen molar-refractivity contribution >= 4 is 0 Å². The molecule has 0 amide bonds. The summed E-state index contributed by atoms with van der Waals surface area (Å²) in [4.78, 5) is 4.41. The standard InChI is InChI=1S/C14H23N5/c1-4-6-15-8-14-9-16-12(3)19(14)11-13-7-17-18(5-2)10-13/h7,9-10,15H,4-6,8,11H2,1-3H3. The summed E-state index contributed by atoms with van der Waals surface area (Å²) in [6.07, 6.45) is 7.15. The third kappa shape index (κ3) is 3.44. The molecule has 0 unspecified atom stereocenters. The van der Waals surface area contributed by atoms with Crippen molar-refractivity contribution in [1.29, 1.82) is 0 Å². The zero-order valence-electron chi connectivity index (χ0n) is 12.1. The highest BCUT2D eigenvalue weighted by Crippen LogP contribution is 2.09. The fraction of sp³-hybridized carbons (Fsp3) is 0.571. The number of aromatic nitrogens is 4. The highest BCUT2D eigenvalue weighted by atomic mass is 15.3. The van der Waals surface area contributed by atoms with Crippen molar-refractivity contribution in [3.63, 3.8) is 0 Å². The SMILES string of the molecule is CCCNCc1cnc(C)n1Cc1cnn(CC)c1. The summed E-state index contributed by atoms with van der Waals surface area (Å²) < 4.78 is 4.20. The highest BCUT2D eigenvalue weighted by molar-refractivity contribution is 5.11. The summed E-state index contributed by atoms with van der Waals surface area (Å²) >= 11 is 0. The van der Waals surface area contributed by atoms with E-state index in [0.717, 1.165) is 38.4 Å². The van der Waals surface area contributed by atoms with Crippen molar-refractivity contribution in [1.82, 2.24) is 24.6 Å². The van der Waals surface area contributed by atoms with Crippen molar-refractivity contribution in [3.05, 3.63) is 35.7 Å². The summed E-state index contributed by atoms with van der Waals surface area (Å²) in [6, 6.07) is 0. The first-order valence-electron chi connectivity index (χ1n) is 6.97. The average Bonchev–Trinajstić information content (AvgIpc) is 3.00. The molecule has 5 heteroatoms. The van der Waals surface area contributed by atoms with E-state index < -0.39 is 0 Å². The maximum absolute atomic E-state index is 4.41. The molecule has 19 heavy (non-hydrogen) atoms. The Balaban J connectivity index is 2.07. The number of nitrogens with one attached hydrogen (secondary N) is 1. The van der Waals surface area contributed by atoms with Gasteiger partial charge in [0.2, 0.25) is 0 Å². The molecule has 0 saturated carbocycles. The molecule has 0 aliphatic carbocycles. The molecule has 104 valence electrons. The van der Waals surface area contributed by atoms with Gasteiger partial charge in [-0.25, -0.2) is 4.98 Å². The van der Waals surface area contributed by atoms with Crippen molar-refractivity contribution in [2.45, 2.75) is 46.8 Å². The Labute approximate surface area is 114 Å². The number of hydrogen-bond donors (Lipinski definition) is 1.